The first-order valence-electron chi connectivity index (χ1n) is 8.24. The predicted molar refractivity (Wildman–Crippen MR) is 89.0 cm³/mol. The second-order valence-corrected chi connectivity index (χ2v) is 5.43. The molecule has 0 aromatic heterocycles. The predicted octanol–water partition coefficient (Wildman–Crippen LogP) is 4.55. The Hall–Kier alpha value is -1.84. The standard InChI is InChI=1S/C18H27NO3/c1-3-5-7-8-14-22-18(21)15-10-12-16(13-11-15)19-17(20)9-6-4-2/h10-13H,3-9,14H2,1-2H3,(H,19,20). The van der Waals surface area contributed by atoms with Crippen molar-refractivity contribution in [3.05, 3.63) is 29.8 Å². The number of carbonyl (C=O) groups excluding carboxylic acids is 2. The van der Waals surface area contributed by atoms with E-state index in [0.717, 1.165) is 25.7 Å². The summed E-state index contributed by atoms with van der Waals surface area (Å²) >= 11 is 0. The molecule has 0 atom stereocenters. The van der Waals surface area contributed by atoms with Crippen LogP contribution >= 0.6 is 0 Å². The molecule has 1 N–H and O–H groups in total. The number of hydrogen-bond donors (Lipinski definition) is 1. The van der Waals surface area contributed by atoms with Gasteiger partial charge >= 0.3 is 5.97 Å². The van der Waals surface area contributed by atoms with Crippen molar-refractivity contribution in [1.82, 2.24) is 0 Å². The minimum Gasteiger partial charge on any atom is -0.462 e. The largest absolute Gasteiger partial charge is 0.462 e. The molecule has 0 saturated carbocycles. The Morgan fingerprint density at radius 1 is 0.955 bits per heavy atom. The summed E-state index contributed by atoms with van der Waals surface area (Å²) in [5.74, 6) is -0.298. The Morgan fingerprint density at radius 3 is 2.27 bits per heavy atom. The van der Waals surface area contributed by atoms with Crippen LogP contribution in [-0.4, -0.2) is 18.5 Å². The van der Waals surface area contributed by atoms with Crippen molar-refractivity contribution in [2.75, 3.05) is 11.9 Å². The highest BCUT2D eigenvalue weighted by Crippen LogP contribution is 2.12. The summed E-state index contributed by atoms with van der Waals surface area (Å²) < 4.78 is 5.22. The van der Waals surface area contributed by atoms with Crippen LogP contribution in [0.15, 0.2) is 24.3 Å². The molecule has 1 rings (SSSR count). The summed E-state index contributed by atoms with van der Waals surface area (Å²) in [5.41, 5.74) is 1.22. The number of nitrogens with one attached hydrogen (secondary N) is 1. The van der Waals surface area contributed by atoms with Crippen molar-refractivity contribution in [3.63, 3.8) is 0 Å². The van der Waals surface area contributed by atoms with Gasteiger partial charge in [-0.15, -0.1) is 0 Å². The molecular formula is C18H27NO3. The number of hydrogen-bond acceptors (Lipinski definition) is 3. The van der Waals surface area contributed by atoms with E-state index in [-0.39, 0.29) is 11.9 Å². The zero-order chi connectivity index (χ0) is 16.2. The van der Waals surface area contributed by atoms with Crippen LogP contribution in [0.25, 0.3) is 0 Å². The summed E-state index contributed by atoms with van der Waals surface area (Å²) in [6.07, 6.45) is 6.74. The molecule has 0 saturated heterocycles. The average Bonchev–Trinajstić information content (AvgIpc) is 2.53. The molecule has 0 unspecified atom stereocenters. The lowest BCUT2D eigenvalue weighted by atomic mass is 10.2. The van der Waals surface area contributed by atoms with E-state index < -0.39 is 0 Å². The molecule has 1 aromatic carbocycles. The van der Waals surface area contributed by atoms with Crippen molar-refractivity contribution in [3.8, 4) is 0 Å². The van der Waals surface area contributed by atoms with Crippen molar-refractivity contribution < 1.29 is 14.3 Å². The van der Waals surface area contributed by atoms with E-state index in [0.29, 0.717) is 24.3 Å². The van der Waals surface area contributed by atoms with E-state index in [1.807, 2.05) is 0 Å². The Labute approximate surface area is 133 Å². The van der Waals surface area contributed by atoms with Gasteiger partial charge < -0.3 is 10.1 Å². The molecule has 4 nitrogen and oxygen atoms in total. The van der Waals surface area contributed by atoms with Crippen LogP contribution in [0.5, 0.6) is 0 Å². The summed E-state index contributed by atoms with van der Waals surface area (Å²) in [5, 5.41) is 2.82. The minimum absolute atomic E-state index is 0.00750. The van der Waals surface area contributed by atoms with Crippen molar-refractivity contribution in [2.24, 2.45) is 0 Å². The highest BCUT2D eigenvalue weighted by molar-refractivity contribution is 5.93. The number of unbranched alkanes of at least 4 members (excludes halogenated alkanes) is 4. The van der Waals surface area contributed by atoms with Crippen molar-refractivity contribution >= 4 is 17.6 Å². The maximum atomic E-state index is 11.8. The molecule has 0 aliphatic carbocycles. The van der Waals surface area contributed by atoms with Crippen LogP contribution in [-0.2, 0) is 9.53 Å². The Kier molecular flexibility index (Phi) is 8.96. The average molecular weight is 305 g/mol. The lowest BCUT2D eigenvalue weighted by molar-refractivity contribution is -0.116. The number of benzene rings is 1. The van der Waals surface area contributed by atoms with E-state index in [1.54, 1.807) is 24.3 Å². The van der Waals surface area contributed by atoms with Gasteiger partial charge in [0.05, 0.1) is 12.2 Å². The van der Waals surface area contributed by atoms with Gasteiger partial charge in [0.15, 0.2) is 0 Å². The van der Waals surface area contributed by atoms with Gasteiger partial charge in [0.25, 0.3) is 0 Å². The smallest absolute Gasteiger partial charge is 0.338 e. The van der Waals surface area contributed by atoms with Gasteiger partial charge in [-0.1, -0.05) is 39.5 Å². The summed E-state index contributed by atoms with van der Waals surface area (Å²) in [6, 6.07) is 6.84. The van der Waals surface area contributed by atoms with E-state index in [2.05, 4.69) is 19.2 Å². The molecule has 122 valence electrons. The molecule has 0 fully saturated rings. The number of rotatable bonds is 10. The van der Waals surface area contributed by atoms with Crippen LogP contribution < -0.4 is 5.32 Å². The van der Waals surface area contributed by atoms with Crippen LogP contribution in [0.4, 0.5) is 5.69 Å². The van der Waals surface area contributed by atoms with Crippen LogP contribution in [0.1, 0.15) is 69.2 Å². The third-order valence-corrected chi connectivity index (χ3v) is 3.39. The summed E-state index contributed by atoms with van der Waals surface area (Å²) in [6.45, 7) is 4.67. The zero-order valence-electron chi connectivity index (χ0n) is 13.7. The second kappa shape index (κ2) is 10.8. The fourth-order valence-electron chi connectivity index (χ4n) is 2.03. The number of esters is 1. The molecule has 0 heterocycles. The highest BCUT2D eigenvalue weighted by atomic mass is 16.5. The number of carbonyl (C=O) groups is 2. The van der Waals surface area contributed by atoms with Crippen LogP contribution in [0, 0.1) is 0 Å². The van der Waals surface area contributed by atoms with Crippen LogP contribution in [0.3, 0.4) is 0 Å². The normalized spacial score (nSPS) is 10.3. The molecule has 1 aromatic rings. The SMILES string of the molecule is CCCCCCOC(=O)c1ccc(NC(=O)CCCC)cc1. The van der Waals surface area contributed by atoms with Gasteiger partial charge in [0.2, 0.25) is 5.91 Å². The number of ether oxygens (including phenoxy) is 1. The van der Waals surface area contributed by atoms with Gasteiger partial charge in [-0.3, -0.25) is 4.79 Å². The molecule has 22 heavy (non-hydrogen) atoms. The molecule has 0 bridgehead atoms. The lowest BCUT2D eigenvalue weighted by Crippen LogP contribution is -2.11. The molecule has 0 radical (unpaired) electrons. The molecule has 0 aliphatic heterocycles. The maximum Gasteiger partial charge on any atom is 0.338 e. The maximum absolute atomic E-state index is 11.8. The first-order chi connectivity index (χ1) is 10.7. The third kappa shape index (κ3) is 7.25. The molecular weight excluding hydrogens is 278 g/mol. The van der Waals surface area contributed by atoms with Crippen molar-refractivity contribution in [2.45, 2.75) is 58.8 Å². The van der Waals surface area contributed by atoms with Gasteiger partial charge in [0, 0.05) is 12.1 Å². The first kappa shape index (κ1) is 18.2. The third-order valence-electron chi connectivity index (χ3n) is 3.39. The van der Waals surface area contributed by atoms with Gasteiger partial charge in [-0.05, 0) is 37.1 Å². The minimum atomic E-state index is -0.305. The number of amides is 1. The molecule has 1 amide bonds. The van der Waals surface area contributed by atoms with E-state index in [4.69, 9.17) is 4.74 Å². The highest BCUT2D eigenvalue weighted by Gasteiger charge is 2.07. The Balaban J connectivity index is 2.37. The molecule has 0 spiro atoms. The fourth-order valence-corrected chi connectivity index (χ4v) is 2.03. The Morgan fingerprint density at radius 2 is 1.64 bits per heavy atom. The number of anilines is 1. The Bertz CT molecular complexity index is 454. The van der Waals surface area contributed by atoms with Gasteiger partial charge in [-0.2, -0.15) is 0 Å². The molecule has 0 aliphatic rings. The van der Waals surface area contributed by atoms with Crippen LogP contribution in [0.2, 0.25) is 0 Å². The topological polar surface area (TPSA) is 55.4 Å². The lowest BCUT2D eigenvalue weighted by Gasteiger charge is -2.07. The summed E-state index contributed by atoms with van der Waals surface area (Å²) in [4.78, 5) is 23.5. The van der Waals surface area contributed by atoms with Crippen molar-refractivity contribution in [1.29, 1.82) is 0 Å². The van der Waals surface area contributed by atoms with E-state index in [9.17, 15) is 9.59 Å². The molecule has 4 heteroatoms. The zero-order valence-corrected chi connectivity index (χ0v) is 13.7. The summed E-state index contributed by atoms with van der Waals surface area (Å²) in [7, 11) is 0. The first-order valence-corrected chi connectivity index (χ1v) is 8.24. The van der Waals surface area contributed by atoms with E-state index >= 15 is 0 Å². The second-order valence-electron chi connectivity index (χ2n) is 5.43. The van der Waals surface area contributed by atoms with Gasteiger partial charge in [0.1, 0.15) is 0 Å². The van der Waals surface area contributed by atoms with E-state index in [1.165, 1.54) is 12.8 Å². The fraction of sp³-hybridized carbons (Fsp3) is 0.556. The quantitative estimate of drug-likeness (QED) is 0.509. The monoisotopic (exact) mass is 305 g/mol. The van der Waals surface area contributed by atoms with Gasteiger partial charge in [-0.25, -0.2) is 4.79 Å².